The minimum Gasteiger partial charge on any atom is -0.506 e. The van der Waals surface area contributed by atoms with E-state index in [9.17, 15) is 14.3 Å². The molecule has 0 spiro atoms. The smallest absolute Gasteiger partial charge is 0.233 e. The Hall–Kier alpha value is -3.45. The van der Waals surface area contributed by atoms with Gasteiger partial charge >= 0.3 is 0 Å². The van der Waals surface area contributed by atoms with Crippen LogP contribution in [0.1, 0.15) is 6.92 Å². The van der Waals surface area contributed by atoms with Gasteiger partial charge in [0, 0.05) is 23.4 Å². The van der Waals surface area contributed by atoms with Gasteiger partial charge < -0.3 is 9.52 Å². The average molecular weight is 394 g/mol. The molecule has 4 rings (SSSR count). The largest absolute Gasteiger partial charge is 0.506 e. The molecule has 2 heterocycles. The van der Waals surface area contributed by atoms with Crippen LogP contribution in [0.3, 0.4) is 0 Å². The van der Waals surface area contributed by atoms with E-state index >= 15 is 0 Å². The number of halogens is 1. The van der Waals surface area contributed by atoms with Gasteiger partial charge in [-0.15, -0.1) is 0 Å². The summed E-state index contributed by atoms with van der Waals surface area (Å²) in [6.07, 6.45) is 0. The highest BCUT2D eigenvalue weighted by Crippen LogP contribution is 2.41. The van der Waals surface area contributed by atoms with E-state index < -0.39 is 0 Å². The Morgan fingerprint density at radius 2 is 1.86 bits per heavy atom. The van der Waals surface area contributed by atoms with Crippen LogP contribution in [0.25, 0.3) is 33.8 Å². The molecule has 0 bridgehead atoms. The number of thiophene rings is 1. The van der Waals surface area contributed by atoms with Crippen LogP contribution in [0.15, 0.2) is 63.7 Å². The topological polar surface area (TPSA) is 75.4 Å². The van der Waals surface area contributed by atoms with E-state index in [4.69, 9.17) is 4.42 Å². The number of benzene rings is 2. The number of hydrogen-bond acceptors (Lipinski definition) is 5. The maximum atomic E-state index is 13.2. The number of carbonyl (C=O) groups excluding carboxylic acids is 1. The predicted octanol–water partition coefficient (Wildman–Crippen LogP) is 5.54. The molecule has 140 valence electrons. The second-order valence-electron chi connectivity index (χ2n) is 6.10. The maximum absolute atomic E-state index is 13.2. The van der Waals surface area contributed by atoms with Gasteiger partial charge in [0.2, 0.25) is 17.7 Å². The normalized spacial score (nSPS) is 10.8. The SMILES string of the molecule is CC(=O)Nc1oc(-c2cccc(-c3ccc(F)cc3)c2O)nc1-c1ccsc1. The molecule has 0 aliphatic rings. The van der Waals surface area contributed by atoms with Crippen LogP contribution in [0.5, 0.6) is 5.75 Å². The fourth-order valence-electron chi connectivity index (χ4n) is 2.85. The van der Waals surface area contributed by atoms with Crippen LogP contribution in [0.4, 0.5) is 10.3 Å². The van der Waals surface area contributed by atoms with Crippen LogP contribution in [0, 0.1) is 5.82 Å². The molecule has 0 radical (unpaired) electrons. The Labute approximate surface area is 164 Å². The zero-order chi connectivity index (χ0) is 19.7. The Kier molecular flexibility index (Phi) is 4.67. The zero-order valence-electron chi connectivity index (χ0n) is 14.8. The third-order valence-corrected chi connectivity index (χ3v) is 4.82. The first kappa shape index (κ1) is 17.9. The molecule has 0 saturated carbocycles. The van der Waals surface area contributed by atoms with E-state index in [0.29, 0.717) is 22.4 Å². The fourth-order valence-corrected chi connectivity index (χ4v) is 3.49. The first-order chi connectivity index (χ1) is 13.5. The highest BCUT2D eigenvalue weighted by Gasteiger charge is 2.21. The summed E-state index contributed by atoms with van der Waals surface area (Å²) in [6, 6.07) is 12.8. The number of aromatic hydroxyl groups is 1. The molecule has 4 aromatic rings. The number of phenols is 1. The number of aromatic nitrogens is 1. The lowest BCUT2D eigenvalue weighted by Crippen LogP contribution is -2.05. The van der Waals surface area contributed by atoms with Crippen molar-refractivity contribution in [3.63, 3.8) is 0 Å². The van der Waals surface area contributed by atoms with Gasteiger partial charge in [0.15, 0.2) is 0 Å². The first-order valence-electron chi connectivity index (χ1n) is 8.42. The average Bonchev–Trinajstić information content (AvgIpc) is 3.32. The number of anilines is 1. The molecule has 7 heteroatoms. The molecular weight excluding hydrogens is 379 g/mol. The minimum absolute atomic E-state index is 0.0402. The van der Waals surface area contributed by atoms with Crippen LogP contribution in [0.2, 0.25) is 0 Å². The molecule has 1 amide bonds. The van der Waals surface area contributed by atoms with E-state index in [0.717, 1.165) is 5.56 Å². The number of amides is 1. The Bertz CT molecular complexity index is 1140. The molecule has 0 aliphatic carbocycles. The lowest BCUT2D eigenvalue weighted by Gasteiger charge is -2.08. The third-order valence-electron chi connectivity index (χ3n) is 4.13. The predicted molar refractivity (Wildman–Crippen MR) is 107 cm³/mol. The minimum atomic E-state index is -0.354. The molecule has 2 aromatic heterocycles. The fraction of sp³-hybridized carbons (Fsp3) is 0.0476. The van der Waals surface area contributed by atoms with E-state index in [-0.39, 0.29) is 29.2 Å². The molecule has 0 unspecified atom stereocenters. The summed E-state index contributed by atoms with van der Waals surface area (Å²) < 4.78 is 19.0. The quantitative estimate of drug-likeness (QED) is 0.476. The second-order valence-corrected chi connectivity index (χ2v) is 6.88. The van der Waals surface area contributed by atoms with Crippen molar-refractivity contribution in [2.45, 2.75) is 6.92 Å². The Morgan fingerprint density at radius 1 is 1.11 bits per heavy atom. The molecule has 0 atom stereocenters. The number of carbonyl (C=O) groups is 1. The number of para-hydroxylation sites is 1. The van der Waals surface area contributed by atoms with Crippen molar-refractivity contribution in [1.29, 1.82) is 0 Å². The van der Waals surface area contributed by atoms with Gasteiger partial charge in [-0.1, -0.05) is 24.3 Å². The number of rotatable bonds is 4. The van der Waals surface area contributed by atoms with E-state index in [1.54, 1.807) is 30.3 Å². The Morgan fingerprint density at radius 3 is 2.54 bits per heavy atom. The van der Waals surface area contributed by atoms with Crippen molar-refractivity contribution in [2.24, 2.45) is 0 Å². The molecule has 2 aromatic carbocycles. The van der Waals surface area contributed by atoms with Crippen molar-refractivity contribution >= 4 is 23.1 Å². The number of oxazole rings is 1. The summed E-state index contributed by atoms with van der Waals surface area (Å²) >= 11 is 1.50. The van der Waals surface area contributed by atoms with Crippen LogP contribution >= 0.6 is 11.3 Å². The zero-order valence-corrected chi connectivity index (χ0v) is 15.6. The monoisotopic (exact) mass is 394 g/mol. The molecule has 28 heavy (non-hydrogen) atoms. The maximum Gasteiger partial charge on any atom is 0.233 e. The highest BCUT2D eigenvalue weighted by atomic mass is 32.1. The lowest BCUT2D eigenvalue weighted by atomic mass is 10.0. The summed E-state index contributed by atoms with van der Waals surface area (Å²) in [5.74, 6) is -0.295. The van der Waals surface area contributed by atoms with Crippen molar-refractivity contribution < 1.29 is 18.7 Å². The third kappa shape index (κ3) is 3.39. The molecule has 0 fully saturated rings. The summed E-state index contributed by atoms with van der Waals surface area (Å²) in [6.45, 7) is 1.38. The van der Waals surface area contributed by atoms with Crippen molar-refractivity contribution in [2.75, 3.05) is 5.32 Å². The summed E-state index contributed by atoms with van der Waals surface area (Å²) in [7, 11) is 0. The highest BCUT2D eigenvalue weighted by molar-refractivity contribution is 7.08. The number of phenolic OH excluding ortho intramolecular Hbond substituents is 1. The van der Waals surface area contributed by atoms with Crippen molar-refractivity contribution in [1.82, 2.24) is 4.98 Å². The van der Waals surface area contributed by atoms with E-state index in [1.165, 1.54) is 30.4 Å². The van der Waals surface area contributed by atoms with Crippen LogP contribution in [-0.2, 0) is 4.79 Å². The lowest BCUT2D eigenvalue weighted by molar-refractivity contribution is -0.114. The molecular formula is C21H15FN2O3S. The van der Waals surface area contributed by atoms with Gasteiger partial charge in [-0.05, 0) is 35.2 Å². The van der Waals surface area contributed by atoms with Gasteiger partial charge in [-0.3, -0.25) is 10.1 Å². The van der Waals surface area contributed by atoms with Crippen LogP contribution < -0.4 is 5.32 Å². The van der Waals surface area contributed by atoms with Gasteiger partial charge in [0.1, 0.15) is 17.3 Å². The van der Waals surface area contributed by atoms with Gasteiger partial charge in [0.05, 0.1) is 5.56 Å². The molecule has 2 N–H and O–H groups in total. The van der Waals surface area contributed by atoms with E-state index in [2.05, 4.69) is 10.3 Å². The molecule has 5 nitrogen and oxygen atoms in total. The van der Waals surface area contributed by atoms with Gasteiger partial charge in [-0.25, -0.2) is 9.37 Å². The van der Waals surface area contributed by atoms with Crippen LogP contribution in [-0.4, -0.2) is 16.0 Å². The van der Waals surface area contributed by atoms with E-state index in [1.807, 2.05) is 16.8 Å². The van der Waals surface area contributed by atoms with Gasteiger partial charge in [0.25, 0.3) is 0 Å². The Balaban J connectivity index is 1.82. The number of hydrogen-bond donors (Lipinski definition) is 2. The van der Waals surface area contributed by atoms with Crippen molar-refractivity contribution in [3.8, 4) is 39.6 Å². The summed E-state index contributed by atoms with van der Waals surface area (Å²) in [5, 5.41) is 17.2. The van der Waals surface area contributed by atoms with Crippen molar-refractivity contribution in [3.05, 3.63) is 65.1 Å². The molecule has 0 saturated heterocycles. The second kappa shape index (κ2) is 7.28. The molecule has 0 aliphatic heterocycles. The van der Waals surface area contributed by atoms with Gasteiger partial charge in [-0.2, -0.15) is 11.3 Å². The first-order valence-corrected chi connectivity index (χ1v) is 9.36. The number of nitrogens with one attached hydrogen (secondary N) is 1. The summed E-state index contributed by atoms with van der Waals surface area (Å²) in [4.78, 5) is 16.0. The standard InChI is InChI=1S/C21H15FN2O3S/c1-12(25)23-21-18(14-9-10-28-11-14)24-20(27-21)17-4-2-3-16(19(17)26)13-5-7-15(22)8-6-13/h2-11,26H,1H3,(H,23,25). The number of nitrogens with zero attached hydrogens (tertiary/aromatic N) is 1. The summed E-state index contributed by atoms with van der Waals surface area (Å²) in [5.41, 5.74) is 2.84.